The normalized spacial score (nSPS) is 37.5. The van der Waals surface area contributed by atoms with Crippen molar-refractivity contribution in [1.29, 1.82) is 0 Å². The van der Waals surface area contributed by atoms with Gasteiger partial charge < -0.3 is 31.4 Å². The third kappa shape index (κ3) is 6.21. The minimum absolute atomic E-state index is 0.0183. The monoisotopic (exact) mass is 844 g/mol. The molecule has 12 aliphatic rings. The topological polar surface area (TPSA) is 106 Å². The second-order valence-corrected chi connectivity index (χ2v) is 24.1. The van der Waals surface area contributed by atoms with Gasteiger partial charge in [0.25, 0.3) is 0 Å². The second kappa shape index (κ2) is 13.8. The Hall–Kier alpha value is -4.32. The summed E-state index contributed by atoms with van der Waals surface area (Å²) in [5.41, 5.74) is 30.5. The molecule has 4 aromatic rings. The fraction of sp³-hybridized carbons (Fsp3) is 0.579. The molecule has 330 valence electrons. The first-order valence-corrected chi connectivity index (χ1v) is 25.3. The lowest BCUT2D eigenvalue weighted by Gasteiger charge is -2.62. The standard InChI is InChI=1S/C57H69N3O3/c1-31-4-7-43(58)46(10-31)61-52-49(55-22-34-13-35(23-55)15-36(14-34)24-55)50(56-25-37-16-38(26-56)18-39(17-37)27-56)53(62-47-11-32(2)5-8-44(47)59)54(63-48-12-33(3)6-9-45(48)60)51(52)57-28-40-19-41(29-57)21-42(20-40)30-57/h4-12,34-42H,13-30,58-60H2,1-3H3. The molecule has 0 amide bonds. The smallest absolute Gasteiger partial charge is 0.177 e. The number of hydrogen-bond donors (Lipinski definition) is 3. The van der Waals surface area contributed by atoms with Crippen molar-refractivity contribution in [1.82, 2.24) is 0 Å². The zero-order valence-corrected chi connectivity index (χ0v) is 38.1. The molecule has 12 saturated carbocycles. The van der Waals surface area contributed by atoms with Crippen LogP contribution in [0.15, 0.2) is 54.6 Å². The molecule has 4 aromatic carbocycles. The van der Waals surface area contributed by atoms with Crippen LogP contribution in [0.2, 0.25) is 0 Å². The number of benzene rings is 4. The van der Waals surface area contributed by atoms with Crippen molar-refractivity contribution < 1.29 is 14.2 Å². The van der Waals surface area contributed by atoms with Crippen LogP contribution in [-0.2, 0) is 16.2 Å². The van der Waals surface area contributed by atoms with E-state index in [2.05, 4.69) is 63.2 Å². The Labute approximate surface area is 375 Å². The number of nitrogen functional groups attached to an aromatic ring is 3. The molecule has 12 bridgehead atoms. The van der Waals surface area contributed by atoms with Gasteiger partial charge in [-0.3, -0.25) is 0 Å². The van der Waals surface area contributed by atoms with Gasteiger partial charge in [0.1, 0.15) is 5.75 Å². The van der Waals surface area contributed by atoms with E-state index in [1.807, 2.05) is 12.1 Å². The van der Waals surface area contributed by atoms with Crippen LogP contribution in [0.25, 0.3) is 0 Å². The van der Waals surface area contributed by atoms with E-state index in [9.17, 15) is 0 Å². The van der Waals surface area contributed by atoms with Crippen LogP contribution in [0.3, 0.4) is 0 Å². The molecular weight excluding hydrogens is 775 g/mol. The first-order chi connectivity index (χ1) is 30.4. The molecule has 0 aromatic heterocycles. The van der Waals surface area contributed by atoms with E-state index in [0.717, 1.165) is 100 Å². The zero-order valence-electron chi connectivity index (χ0n) is 38.1. The van der Waals surface area contributed by atoms with E-state index in [4.69, 9.17) is 31.4 Å². The van der Waals surface area contributed by atoms with Gasteiger partial charge in [-0.2, -0.15) is 0 Å². The van der Waals surface area contributed by atoms with Gasteiger partial charge in [0.2, 0.25) is 0 Å². The van der Waals surface area contributed by atoms with Gasteiger partial charge >= 0.3 is 0 Å². The van der Waals surface area contributed by atoms with Crippen LogP contribution in [0, 0.1) is 74.0 Å². The summed E-state index contributed by atoms with van der Waals surface area (Å²) in [4.78, 5) is 0. The van der Waals surface area contributed by atoms with Gasteiger partial charge in [0.05, 0.1) is 17.1 Å². The van der Waals surface area contributed by atoms with Gasteiger partial charge in [-0.15, -0.1) is 0 Å². The Morgan fingerprint density at radius 2 is 0.587 bits per heavy atom. The minimum atomic E-state index is -0.135. The van der Waals surface area contributed by atoms with E-state index >= 15 is 0 Å². The lowest BCUT2D eigenvalue weighted by molar-refractivity contribution is -0.0205. The molecule has 0 saturated heterocycles. The number of rotatable bonds is 9. The molecular formula is C57H69N3O3. The van der Waals surface area contributed by atoms with Crippen LogP contribution >= 0.6 is 0 Å². The molecule has 16 rings (SSSR count). The first kappa shape index (κ1) is 39.1. The predicted molar refractivity (Wildman–Crippen MR) is 253 cm³/mol. The van der Waals surface area contributed by atoms with Gasteiger partial charge in [-0.1, -0.05) is 18.2 Å². The molecule has 0 spiro atoms. The van der Waals surface area contributed by atoms with Gasteiger partial charge in [0.15, 0.2) is 28.7 Å². The van der Waals surface area contributed by atoms with Crippen molar-refractivity contribution >= 4 is 17.1 Å². The average molecular weight is 844 g/mol. The summed E-state index contributed by atoms with van der Waals surface area (Å²) >= 11 is 0. The van der Waals surface area contributed by atoms with Crippen molar-refractivity contribution in [3.8, 4) is 34.5 Å². The number of nitrogens with two attached hydrogens (primary N) is 3. The maximum absolute atomic E-state index is 8.00. The number of hydrogen-bond acceptors (Lipinski definition) is 6. The Balaban J connectivity index is 1.20. The van der Waals surface area contributed by atoms with Crippen LogP contribution < -0.4 is 31.4 Å². The maximum atomic E-state index is 8.00. The third-order valence-corrected chi connectivity index (χ3v) is 19.2. The summed E-state index contributed by atoms with van der Waals surface area (Å²) in [6.45, 7) is 6.47. The second-order valence-electron chi connectivity index (χ2n) is 24.1. The largest absolute Gasteiger partial charge is 0.454 e. The molecule has 0 unspecified atom stereocenters. The number of anilines is 3. The molecule has 6 nitrogen and oxygen atoms in total. The highest BCUT2D eigenvalue weighted by Crippen LogP contribution is 2.73. The van der Waals surface area contributed by atoms with Crippen molar-refractivity contribution in [2.75, 3.05) is 17.2 Å². The molecule has 12 aliphatic carbocycles. The molecule has 6 heteroatoms. The third-order valence-electron chi connectivity index (χ3n) is 19.2. The van der Waals surface area contributed by atoms with Crippen molar-refractivity contribution in [3.05, 3.63) is 88.0 Å². The van der Waals surface area contributed by atoms with Gasteiger partial charge in [-0.05, 0) is 243 Å². The van der Waals surface area contributed by atoms with Crippen LogP contribution in [0.1, 0.15) is 149 Å². The number of aryl methyl sites for hydroxylation is 3. The van der Waals surface area contributed by atoms with Crippen molar-refractivity contribution in [3.63, 3.8) is 0 Å². The van der Waals surface area contributed by atoms with Crippen LogP contribution in [-0.4, -0.2) is 0 Å². The van der Waals surface area contributed by atoms with Gasteiger partial charge in [0, 0.05) is 32.9 Å². The summed E-state index contributed by atoms with van der Waals surface area (Å²) in [7, 11) is 0. The van der Waals surface area contributed by atoms with E-state index in [1.54, 1.807) is 0 Å². The minimum Gasteiger partial charge on any atom is -0.454 e. The van der Waals surface area contributed by atoms with Gasteiger partial charge in [-0.25, -0.2) is 0 Å². The molecule has 6 N–H and O–H groups in total. The summed E-state index contributed by atoms with van der Waals surface area (Å²) in [5.74, 6) is 11.6. The molecule has 0 heterocycles. The molecule has 0 aliphatic heterocycles. The molecule has 0 radical (unpaired) electrons. The van der Waals surface area contributed by atoms with E-state index in [0.29, 0.717) is 40.6 Å². The first-order valence-electron chi connectivity index (χ1n) is 25.3. The lowest BCUT2D eigenvalue weighted by Crippen LogP contribution is -2.53. The average Bonchev–Trinajstić information content (AvgIpc) is 3.21. The lowest BCUT2D eigenvalue weighted by atomic mass is 9.43. The highest BCUT2D eigenvalue weighted by molar-refractivity contribution is 5.74. The maximum Gasteiger partial charge on any atom is 0.177 e. The van der Waals surface area contributed by atoms with Crippen LogP contribution in [0.5, 0.6) is 34.5 Å². The van der Waals surface area contributed by atoms with Crippen molar-refractivity contribution in [2.24, 2.45) is 53.3 Å². The fourth-order valence-corrected chi connectivity index (χ4v) is 18.2. The summed E-state index contributed by atoms with van der Waals surface area (Å²) in [5, 5.41) is 0. The molecule has 63 heavy (non-hydrogen) atoms. The fourth-order valence-electron chi connectivity index (χ4n) is 18.2. The quantitative estimate of drug-likeness (QED) is 0.145. The summed E-state index contributed by atoms with van der Waals surface area (Å²) in [6, 6.07) is 18.9. The number of ether oxygens (including phenoxy) is 3. The highest BCUT2D eigenvalue weighted by Gasteiger charge is 2.62. The molecule has 12 fully saturated rings. The molecule has 0 atom stereocenters. The Kier molecular flexibility index (Phi) is 8.59. The van der Waals surface area contributed by atoms with E-state index in [-0.39, 0.29) is 16.2 Å². The zero-order chi connectivity index (χ0) is 42.6. The van der Waals surface area contributed by atoms with E-state index < -0.39 is 0 Å². The Morgan fingerprint density at radius 3 is 0.889 bits per heavy atom. The summed E-state index contributed by atoms with van der Waals surface area (Å²) < 4.78 is 23.7. The van der Waals surface area contributed by atoms with Crippen molar-refractivity contribution in [2.45, 2.75) is 153 Å². The predicted octanol–water partition coefficient (Wildman–Crippen LogP) is 14.1. The van der Waals surface area contributed by atoms with Crippen LogP contribution in [0.4, 0.5) is 17.1 Å². The summed E-state index contributed by atoms with van der Waals surface area (Å²) in [6.07, 6.45) is 23.0. The SMILES string of the molecule is Cc1ccc(N)c(Oc2c(Oc3cc(C)ccc3N)c(C34CC5CC(CC(C5)C3)C4)c(C34CC5CC(CC(C5)C3)C4)c(Oc3cc(C)ccc3N)c2C23CC4CC(CC(C4)C2)C3)c1. The Morgan fingerprint density at radius 1 is 0.349 bits per heavy atom. The Bertz CT molecular complexity index is 2430. The van der Waals surface area contributed by atoms with E-state index in [1.165, 1.54) is 113 Å². The highest BCUT2D eigenvalue weighted by atomic mass is 16.5.